The van der Waals surface area contributed by atoms with E-state index >= 15 is 0 Å². The maximum Gasteiger partial charge on any atom is 0.197 e. The van der Waals surface area contributed by atoms with E-state index in [2.05, 4.69) is 19.9 Å². The van der Waals surface area contributed by atoms with Gasteiger partial charge in [0.1, 0.15) is 0 Å². The number of hydrogen-bond acceptors (Lipinski definition) is 5. The number of rotatable bonds is 4. The van der Waals surface area contributed by atoms with E-state index in [1.54, 1.807) is 24.5 Å². The quantitative estimate of drug-likeness (QED) is 0.737. The third-order valence-corrected chi connectivity index (χ3v) is 4.26. The summed E-state index contributed by atoms with van der Waals surface area (Å²) in [6.45, 7) is 0. The van der Waals surface area contributed by atoms with Crippen LogP contribution in [0.4, 0.5) is 4.39 Å². The van der Waals surface area contributed by atoms with Crippen LogP contribution in [0, 0.1) is 5.82 Å². The van der Waals surface area contributed by atoms with Gasteiger partial charge in [0.05, 0.1) is 7.11 Å². The third-order valence-electron chi connectivity index (χ3n) is 4.26. The molecule has 1 aliphatic rings. The number of nitrogens with zero attached hydrogens (tertiary/aromatic N) is 4. The molecule has 1 fully saturated rings. The molecule has 3 aromatic rings. The summed E-state index contributed by atoms with van der Waals surface area (Å²) in [7, 11) is 1.48. The molecule has 0 aliphatic heterocycles. The SMILES string of the molecule is COc1cc([C@@H]2C[C@H]2c2cnc(-c3ncccn3)nc2)ccc1F. The molecule has 1 aliphatic carbocycles. The molecule has 120 valence electrons. The first kappa shape index (κ1) is 14.7. The Labute approximate surface area is 138 Å². The number of aromatic nitrogens is 4. The molecule has 5 nitrogen and oxygen atoms in total. The standard InChI is InChI=1S/C18H15FN4O/c1-24-16-7-11(3-4-15(16)19)13-8-14(13)12-9-22-18(23-10-12)17-20-5-2-6-21-17/h2-7,9-10,13-14H,8H2,1H3/t13-,14-/m0/s1. The molecule has 4 rings (SSSR count). The van der Waals surface area contributed by atoms with Gasteiger partial charge in [-0.15, -0.1) is 0 Å². The van der Waals surface area contributed by atoms with E-state index in [1.807, 2.05) is 18.5 Å². The van der Waals surface area contributed by atoms with Crippen molar-refractivity contribution in [2.45, 2.75) is 18.3 Å². The topological polar surface area (TPSA) is 60.8 Å². The predicted octanol–water partition coefficient (Wildman–Crippen LogP) is 3.35. The summed E-state index contributed by atoms with van der Waals surface area (Å²) in [4.78, 5) is 17.0. The van der Waals surface area contributed by atoms with Crippen molar-refractivity contribution >= 4 is 0 Å². The molecule has 6 heteroatoms. The number of hydrogen-bond donors (Lipinski definition) is 0. The molecule has 2 atom stereocenters. The Bertz CT molecular complexity index is 855. The van der Waals surface area contributed by atoms with Crippen LogP contribution in [0.1, 0.15) is 29.4 Å². The summed E-state index contributed by atoms with van der Waals surface area (Å²) in [5, 5.41) is 0. The molecule has 1 saturated carbocycles. The van der Waals surface area contributed by atoms with Crippen LogP contribution in [0.2, 0.25) is 0 Å². The summed E-state index contributed by atoms with van der Waals surface area (Å²) < 4.78 is 18.6. The van der Waals surface area contributed by atoms with Crippen molar-refractivity contribution in [1.29, 1.82) is 0 Å². The van der Waals surface area contributed by atoms with Crippen LogP contribution < -0.4 is 4.74 Å². The molecular formula is C18H15FN4O. The van der Waals surface area contributed by atoms with Crippen LogP contribution in [0.3, 0.4) is 0 Å². The molecule has 2 heterocycles. The lowest BCUT2D eigenvalue weighted by Gasteiger charge is -2.06. The van der Waals surface area contributed by atoms with Crippen molar-refractivity contribution in [3.05, 3.63) is 66.0 Å². The summed E-state index contributed by atoms with van der Waals surface area (Å²) in [5.74, 6) is 1.67. The monoisotopic (exact) mass is 322 g/mol. The first-order chi connectivity index (χ1) is 11.8. The van der Waals surface area contributed by atoms with Gasteiger partial charge in [0.25, 0.3) is 0 Å². The first-order valence-electron chi connectivity index (χ1n) is 7.69. The van der Waals surface area contributed by atoms with Crippen LogP contribution in [-0.4, -0.2) is 27.0 Å². The van der Waals surface area contributed by atoms with Gasteiger partial charge >= 0.3 is 0 Å². The lowest BCUT2D eigenvalue weighted by Crippen LogP contribution is -1.96. The Morgan fingerprint density at radius 2 is 1.62 bits per heavy atom. The van der Waals surface area contributed by atoms with Gasteiger partial charge in [-0.3, -0.25) is 0 Å². The minimum atomic E-state index is -0.339. The second kappa shape index (κ2) is 5.96. The van der Waals surface area contributed by atoms with Crippen molar-refractivity contribution in [1.82, 2.24) is 19.9 Å². The predicted molar refractivity (Wildman–Crippen MR) is 86.1 cm³/mol. The van der Waals surface area contributed by atoms with Crippen LogP contribution >= 0.6 is 0 Å². The van der Waals surface area contributed by atoms with Crippen LogP contribution in [0.25, 0.3) is 11.6 Å². The van der Waals surface area contributed by atoms with E-state index in [0.717, 1.165) is 17.5 Å². The number of benzene rings is 1. The summed E-state index contributed by atoms with van der Waals surface area (Å²) in [6, 6.07) is 6.79. The van der Waals surface area contributed by atoms with E-state index in [4.69, 9.17) is 4.74 Å². The van der Waals surface area contributed by atoms with Crippen molar-refractivity contribution < 1.29 is 9.13 Å². The van der Waals surface area contributed by atoms with Crippen LogP contribution in [0.5, 0.6) is 5.75 Å². The van der Waals surface area contributed by atoms with Gasteiger partial charge in [-0.25, -0.2) is 24.3 Å². The summed E-state index contributed by atoms with van der Waals surface area (Å²) in [5.41, 5.74) is 2.15. The normalized spacial score (nSPS) is 19.1. The molecule has 0 unspecified atom stereocenters. The Kier molecular flexibility index (Phi) is 3.65. The van der Waals surface area contributed by atoms with Gasteiger partial charge in [0, 0.05) is 24.8 Å². The Morgan fingerprint density at radius 1 is 0.958 bits per heavy atom. The second-order valence-electron chi connectivity index (χ2n) is 5.76. The van der Waals surface area contributed by atoms with Gasteiger partial charge in [-0.05, 0) is 47.6 Å². The largest absolute Gasteiger partial charge is 0.494 e. The molecule has 2 aromatic heterocycles. The molecule has 0 saturated heterocycles. The number of halogens is 1. The molecule has 24 heavy (non-hydrogen) atoms. The van der Waals surface area contributed by atoms with E-state index in [9.17, 15) is 4.39 Å². The summed E-state index contributed by atoms with van der Waals surface area (Å²) >= 11 is 0. The van der Waals surface area contributed by atoms with Crippen LogP contribution in [0.15, 0.2) is 49.1 Å². The molecule has 0 amide bonds. The zero-order valence-corrected chi connectivity index (χ0v) is 13.1. The van der Waals surface area contributed by atoms with Crippen LogP contribution in [-0.2, 0) is 0 Å². The molecular weight excluding hydrogens is 307 g/mol. The van der Waals surface area contributed by atoms with Gasteiger partial charge in [-0.1, -0.05) is 6.07 Å². The third kappa shape index (κ3) is 2.71. The summed E-state index contributed by atoms with van der Waals surface area (Å²) in [6.07, 6.45) is 7.98. The molecule has 0 bridgehead atoms. The smallest absolute Gasteiger partial charge is 0.197 e. The van der Waals surface area contributed by atoms with Crippen molar-refractivity contribution in [2.75, 3.05) is 7.11 Å². The van der Waals surface area contributed by atoms with E-state index in [-0.39, 0.29) is 11.6 Å². The maximum atomic E-state index is 13.5. The Balaban J connectivity index is 1.52. The van der Waals surface area contributed by atoms with Gasteiger partial charge in [0.2, 0.25) is 0 Å². The first-order valence-corrected chi connectivity index (χ1v) is 7.69. The molecule has 0 spiro atoms. The van der Waals surface area contributed by atoms with Gasteiger partial charge in [-0.2, -0.15) is 0 Å². The van der Waals surface area contributed by atoms with Gasteiger partial charge in [0.15, 0.2) is 23.2 Å². The highest BCUT2D eigenvalue weighted by molar-refractivity contribution is 5.43. The minimum Gasteiger partial charge on any atom is -0.494 e. The van der Waals surface area contributed by atoms with E-state index in [1.165, 1.54) is 13.2 Å². The van der Waals surface area contributed by atoms with E-state index in [0.29, 0.717) is 23.5 Å². The highest BCUT2D eigenvalue weighted by atomic mass is 19.1. The average molecular weight is 322 g/mol. The highest BCUT2D eigenvalue weighted by Gasteiger charge is 2.40. The Hall–Kier alpha value is -2.89. The average Bonchev–Trinajstić information content (AvgIpc) is 3.44. The van der Waals surface area contributed by atoms with E-state index < -0.39 is 0 Å². The van der Waals surface area contributed by atoms with Gasteiger partial charge < -0.3 is 4.74 Å². The fourth-order valence-corrected chi connectivity index (χ4v) is 2.90. The second-order valence-corrected chi connectivity index (χ2v) is 5.76. The fraction of sp³-hybridized carbons (Fsp3) is 0.222. The molecule has 0 radical (unpaired) electrons. The minimum absolute atomic E-state index is 0.283. The van der Waals surface area contributed by atoms with Crippen molar-refractivity contribution in [3.63, 3.8) is 0 Å². The van der Waals surface area contributed by atoms with Crippen molar-refractivity contribution in [3.8, 4) is 17.4 Å². The zero-order chi connectivity index (χ0) is 16.5. The maximum absolute atomic E-state index is 13.5. The molecule has 1 aromatic carbocycles. The number of methoxy groups -OCH3 is 1. The highest BCUT2D eigenvalue weighted by Crippen LogP contribution is 2.54. The number of ether oxygens (including phenoxy) is 1. The van der Waals surface area contributed by atoms with Crippen molar-refractivity contribution in [2.24, 2.45) is 0 Å². The zero-order valence-electron chi connectivity index (χ0n) is 13.1. The lowest BCUT2D eigenvalue weighted by atomic mass is 10.1. The fourth-order valence-electron chi connectivity index (χ4n) is 2.90. The lowest BCUT2D eigenvalue weighted by molar-refractivity contribution is 0.386. The molecule has 0 N–H and O–H groups in total. The Morgan fingerprint density at radius 3 is 2.33 bits per heavy atom.